The van der Waals surface area contributed by atoms with Gasteiger partial charge in [-0.15, -0.1) is 0 Å². The smallest absolute Gasteiger partial charge is 0.311 e. The Morgan fingerprint density at radius 1 is 1.46 bits per heavy atom. The summed E-state index contributed by atoms with van der Waals surface area (Å²) in [4.78, 5) is 13.7. The molecule has 0 atom stereocenters. The van der Waals surface area contributed by atoms with Crippen LogP contribution in [0.3, 0.4) is 0 Å². The maximum absolute atomic E-state index is 11.5. The number of hydrogen-bond acceptors (Lipinski definition) is 3. The van der Waals surface area contributed by atoms with Crippen molar-refractivity contribution in [1.29, 1.82) is 0 Å². The Labute approximate surface area is 80.1 Å². The molecule has 3 heteroatoms. The van der Waals surface area contributed by atoms with Crippen molar-refractivity contribution in [2.45, 2.75) is 27.2 Å². The van der Waals surface area contributed by atoms with Gasteiger partial charge in [-0.25, -0.2) is 0 Å². The van der Waals surface area contributed by atoms with Gasteiger partial charge in [0.15, 0.2) is 0 Å². The summed E-state index contributed by atoms with van der Waals surface area (Å²) < 4.78 is 5.17. The first kappa shape index (κ1) is 10.5. The van der Waals surface area contributed by atoms with Crippen molar-refractivity contribution in [3.05, 3.63) is 0 Å². The molecule has 1 aliphatic heterocycles. The molecule has 0 spiro atoms. The fraction of sp³-hybridized carbons (Fsp3) is 0.900. The molecule has 0 aromatic rings. The molecule has 0 aliphatic carbocycles. The van der Waals surface area contributed by atoms with Gasteiger partial charge in [0, 0.05) is 19.6 Å². The predicted octanol–water partition coefficient (Wildman–Crippen LogP) is 1.28. The number of esters is 1. The van der Waals surface area contributed by atoms with Crippen molar-refractivity contribution < 1.29 is 9.53 Å². The molecular weight excluding hydrogens is 166 g/mol. The number of carbonyl (C=O) groups excluding carboxylic acids is 1. The highest BCUT2D eigenvalue weighted by Crippen LogP contribution is 2.21. The van der Waals surface area contributed by atoms with Crippen LogP contribution in [0, 0.1) is 5.41 Å². The molecule has 1 fully saturated rings. The minimum atomic E-state index is -0.321. The van der Waals surface area contributed by atoms with Gasteiger partial charge in [0.25, 0.3) is 0 Å². The fourth-order valence-electron chi connectivity index (χ4n) is 0.901. The van der Waals surface area contributed by atoms with Crippen molar-refractivity contribution in [3.8, 4) is 0 Å². The molecule has 1 saturated heterocycles. The summed E-state index contributed by atoms with van der Waals surface area (Å²) in [6.45, 7) is 9.61. The summed E-state index contributed by atoms with van der Waals surface area (Å²) >= 11 is 0. The first-order chi connectivity index (χ1) is 6.06. The Morgan fingerprint density at radius 2 is 2.08 bits per heavy atom. The third-order valence-corrected chi connectivity index (χ3v) is 2.62. The SMILES string of the molecule is CCC(C)(C)C(=O)OCCN1CC1. The highest BCUT2D eigenvalue weighted by Gasteiger charge is 2.27. The van der Waals surface area contributed by atoms with Crippen LogP contribution in [-0.2, 0) is 9.53 Å². The summed E-state index contributed by atoms with van der Waals surface area (Å²) in [6.07, 6.45) is 0.829. The van der Waals surface area contributed by atoms with E-state index in [1.54, 1.807) is 0 Å². The minimum absolute atomic E-state index is 0.0724. The second kappa shape index (κ2) is 4.09. The monoisotopic (exact) mass is 185 g/mol. The van der Waals surface area contributed by atoms with E-state index in [-0.39, 0.29) is 11.4 Å². The van der Waals surface area contributed by atoms with E-state index in [0.717, 1.165) is 26.1 Å². The lowest BCUT2D eigenvalue weighted by molar-refractivity contribution is -0.154. The summed E-state index contributed by atoms with van der Waals surface area (Å²) in [7, 11) is 0. The molecule has 0 unspecified atom stereocenters. The van der Waals surface area contributed by atoms with Crippen LogP contribution in [-0.4, -0.2) is 37.1 Å². The van der Waals surface area contributed by atoms with Gasteiger partial charge in [-0.3, -0.25) is 9.69 Å². The Morgan fingerprint density at radius 3 is 2.54 bits per heavy atom. The quantitative estimate of drug-likeness (QED) is 0.477. The van der Waals surface area contributed by atoms with Crippen LogP contribution in [0.2, 0.25) is 0 Å². The predicted molar refractivity (Wildman–Crippen MR) is 51.5 cm³/mol. The topological polar surface area (TPSA) is 29.3 Å². The van der Waals surface area contributed by atoms with Gasteiger partial charge in [-0.2, -0.15) is 0 Å². The molecule has 3 nitrogen and oxygen atoms in total. The maximum atomic E-state index is 11.5. The van der Waals surface area contributed by atoms with E-state index in [9.17, 15) is 4.79 Å². The Balaban J connectivity index is 2.15. The van der Waals surface area contributed by atoms with E-state index >= 15 is 0 Å². The van der Waals surface area contributed by atoms with Gasteiger partial charge >= 0.3 is 5.97 Å². The van der Waals surface area contributed by atoms with Crippen molar-refractivity contribution in [2.24, 2.45) is 5.41 Å². The van der Waals surface area contributed by atoms with Gasteiger partial charge in [0.1, 0.15) is 6.61 Å². The summed E-state index contributed by atoms with van der Waals surface area (Å²) in [6, 6.07) is 0. The van der Waals surface area contributed by atoms with Crippen molar-refractivity contribution in [2.75, 3.05) is 26.2 Å². The molecule has 1 rings (SSSR count). The number of nitrogens with zero attached hydrogens (tertiary/aromatic N) is 1. The highest BCUT2D eigenvalue weighted by atomic mass is 16.5. The van der Waals surface area contributed by atoms with Crippen molar-refractivity contribution >= 4 is 5.97 Å². The summed E-state index contributed by atoms with van der Waals surface area (Å²) in [5, 5.41) is 0. The zero-order valence-electron chi connectivity index (χ0n) is 8.80. The van der Waals surface area contributed by atoms with E-state index in [2.05, 4.69) is 4.90 Å². The van der Waals surface area contributed by atoms with E-state index in [4.69, 9.17) is 4.74 Å². The van der Waals surface area contributed by atoms with Gasteiger partial charge in [0.05, 0.1) is 5.41 Å². The van der Waals surface area contributed by atoms with Gasteiger partial charge in [-0.1, -0.05) is 6.92 Å². The zero-order valence-corrected chi connectivity index (χ0v) is 8.80. The van der Waals surface area contributed by atoms with E-state index < -0.39 is 0 Å². The van der Waals surface area contributed by atoms with E-state index in [0.29, 0.717) is 6.61 Å². The van der Waals surface area contributed by atoms with Crippen molar-refractivity contribution in [3.63, 3.8) is 0 Å². The van der Waals surface area contributed by atoms with Crippen molar-refractivity contribution in [1.82, 2.24) is 4.90 Å². The second-order valence-electron chi connectivity index (χ2n) is 4.21. The number of ether oxygens (including phenoxy) is 1. The number of hydrogen-bond donors (Lipinski definition) is 0. The Bertz CT molecular complexity index is 185. The van der Waals surface area contributed by atoms with E-state index in [1.807, 2.05) is 20.8 Å². The van der Waals surface area contributed by atoms with Gasteiger partial charge in [0.2, 0.25) is 0 Å². The molecule has 1 heterocycles. The summed E-state index contributed by atoms with van der Waals surface area (Å²) in [5.41, 5.74) is -0.321. The highest BCUT2D eigenvalue weighted by molar-refractivity contribution is 5.75. The lowest BCUT2D eigenvalue weighted by Crippen LogP contribution is -2.27. The molecule has 1 aliphatic rings. The molecule has 0 aromatic heterocycles. The van der Waals surface area contributed by atoms with Crippen LogP contribution in [0.15, 0.2) is 0 Å². The molecule has 13 heavy (non-hydrogen) atoms. The third-order valence-electron chi connectivity index (χ3n) is 2.62. The second-order valence-corrected chi connectivity index (χ2v) is 4.21. The van der Waals surface area contributed by atoms with Crippen LogP contribution in [0.1, 0.15) is 27.2 Å². The van der Waals surface area contributed by atoms with Crippen LogP contribution >= 0.6 is 0 Å². The Hall–Kier alpha value is -0.570. The van der Waals surface area contributed by atoms with E-state index in [1.165, 1.54) is 0 Å². The lowest BCUT2D eigenvalue weighted by Gasteiger charge is -2.20. The molecule has 0 saturated carbocycles. The molecule has 0 N–H and O–H groups in total. The van der Waals surface area contributed by atoms with Crippen LogP contribution < -0.4 is 0 Å². The number of carbonyl (C=O) groups is 1. The standard InChI is InChI=1S/C10H19NO2/c1-4-10(2,3)9(12)13-8-7-11-5-6-11/h4-8H2,1-3H3. The summed E-state index contributed by atoms with van der Waals surface area (Å²) in [5.74, 6) is -0.0724. The average molecular weight is 185 g/mol. The molecule has 76 valence electrons. The maximum Gasteiger partial charge on any atom is 0.311 e. The molecule has 0 bridgehead atoms. The Kier molecular flexibility index (Phi) is 3.31. The first-order valence-corrected chi connectivity index (χ1v) is 4.96. The first-order valence-electron chi connectivity index (χ1n) is 4.96. The van der Waals surface area contributed by atoms with Crippen LogP contribution in [0.4, 0.5) is 0 Å². The average Bonchev–Trinajstić information content (AvgIpc) is 2.88. The van der Waals surface area contributed by atoms with Crippen LogP contribution in [0.5, 0.6) is 0 Å². The fourth-order valence-corrected chi connectivity index (χ4v) is 0.901. The zero-order chi connectivity index (χ0) is 9.90. The van der Waals surface area contributed by atoms with Gasteiger partial charge in [-0.05, 0) is 20.3 Å². The molecule has 0 radical (unpaired) electrons. The molecular formula is C10H19NO2. The van der Waals surface area contributed by atoms with Crippen LogP contribution in [0.25, 0.3) is 0 Å². The molecule has 0 amide bonds. The minimum Gasteiger partial charge on any atom is -0.464 e. The third kappa shape index (κ3) is 3.35. The largest absolute Gasteiger partial charge is 0.464 e. The number of rotatable bonds is 5. The lowest BCUT2D eigenvalue weighted by atomic mass is 9.91. The molecule has 0 aromatic carbocycles. The van der Waals surface area contributed by atoms with Gasteiger partial charge < -0.3 is 4.74 Å². The normalized spacial score (nSPS) is 17.2.